The van der Waals surface area contributed by atoms with Crippen molar-refractivity contribution in [2.45, 2.75) is 18.9 Å². The number of benzene rings is 1. The zero-order valence-electron chi connectivity index (χ0n) is 10.6. The Labute approximate surface area is 115 Å². The van der Waals surface area contributed by atoms with E-state index in [1.54, 1.807) is 19.2 Å². The van der Waals surface area contributed by atoms with Crippen molar-refractivity contribution in [3.8, 4) is 11.5 Å². The second kappa shape index (κ2) is 5.05. The van der Waals surface area contributed by atoms with Crippen molar-refractivity contribution in [2.24, 2.45) is 0 Å². The molecule has 0 bridgehead atoms. The molecule has 3 nitrogen and oxygen atoms in total. The molecule has 0 spiro atoms. The van der Waals surface area contributed by atoms with Gasteiger partial charge in [0.05, 0.1) is 13.2 Å². The monoisotopic (exact) mass is 274 g/mol. The zero-order chi connectivity index (χ0) is 13.2. The average molecular weight is 274 g/mol. The number of hydrogen-bond donors (Lipinski definition) is 0. The van der Waals surface area contributed by atoms with Gasteiger partial charge in [0.2, 0.25) is 5.78 Å². The Morgan fingerprint density at radius 2 is 2.16 bits per heavy atom. The van der Waals surface area contributed by atoms with Crippen molar-refractivity contribution < 1.29 is 14.3 Å². The predicted octanol–water partition coefficient (Wildman–Crippen LogP) is 3.53. The van der Waals surface area contributed by atoms with Crippen LogP contribution in [0.3, 0.4) is 0 Å². The molecule has 1 fully saturated rings. The van der Waals surface area contributed by atoms with E-state index in [-0.39, 0.29) is 5.78 Å². The summed E-state index contributed by atoms with van der Waals surface area (Å²) in [5.74, 6) is 1.38. The standard InChI is InChI=1S/C15H14O3S/c1-17-13-7-8-19-15(13)14(16)10-3-2-4-12(9-10)18-11-5-6-11/h2-4,7-9,11H,5-6H2,1H3. The molecule has 1 aliphatic carbocycles. The molecule has 0 amide bonds. The van der Waals surface area contributed by atoms with Gasteiger partial charge in [-0.3, -0.25) is 4.79 Å². The molecule has 2 aromatic rings. The summed E-state index contributed by atoms with van der Waals surface area (Å²) in [5, 5.41) is 1.86. The summed E-state index contributed by atoms with van der Waals surface area (Å²) in [5.41, 5.74) is 0.638. The van der Waals surface area contributed by atoms with Crippen LogP contribution in [0.5, 0.6) is 11.5 Å². The van der Waals surface area contributed by atoms with E-state index in [9.17, 15) is 4.79 Å². The topological polar surface area (TPSA) is 35.5 Å². The van der Waals surface area contributed by atoms with Gasteiger partial charge in [-0.05, 0) is 36.4 Å². The lowest BCUT2D eigenvalue weighted by molar-refractivity contribution is 0.103. The molecule has 1 aliphatic rings. The summed E-state index contributed by atoms with van der Waals surface area (Å²) < 4.78 is 10.9. The maximum atomic E-state index is 12.4. The molecule has 3 rings (SSSR count). The van der Waals surface area contributed by atoms with Gasteiger partial charge in [0.1, 0.15) is 16.4 Å². The quantitative estimate of drug-likeness (QED) is 0.782. The fraction of sp³-hybridized carbons (Fsp3) is 0.267. The second-order valence-electron chi connectivity index (χ2n) is 4.49. The molecule has 1 heterocycles. The van der Waals surface area contributed by atoms with Gasteiger partial charge >= 0.3 is 0 Å². The summed E-state index contributed by atoms with van der Waals surface area (Å²) in [6.45, 7) is 0. The van der Waals surface area contributed by atoms with Crippen molar-refractivity contribution >= 4 is 17.1 Å². The number of methoxy groups -OCH3 is 1. The fourth-order valence-electron chi connectivity index (χ4n) is 1.84. The minimum Gasteiger partial charge on any atom is -0.495 e. The number of ketones is 1. The minimum absolute atomic E-state index is 0.0203. The third-order valence-electron chi connectivity index (χ3n) is 2.98. The van der Waals surface area contributed by atoms with E-state index in [0.717, 1.165) is 18.6 Å². The summed E-state index contributed by atoms with van der Waals surface area (Å²) in [6, 6.07) is 9.16. The Morgan fingerprint density at radius 1 is 1.32 bits per heavy atom. The van der Waals surface area contributed by atoms with Crippen LogP contribution in [0.4, 0.5) is 0 Å². The van der Waals surface area contributed by atoms with Crippen molar-refractivity contribution in [3.63, 3.8) is 0 Å². The molecule has 0 saturated heterocycles. The molecule has 4 heteroatoms. The Kier molecular flexibility index (Phi) is 3.25. The number of rotatable bonds is 5. The lowest BCUT2D eigenvalue weighted by Crippen LogP contribution is -2.02. The summed E-state index contributed by atoms with van der Waals surface area (Å²) in [6.07, 6.45) is 2.55. The number of ether oxygens (including phenoxy) is 2. The van der Waals surface area contributed by atoms with Gasteiger partial charge in [0.25, 0.3) is 0 Å². The first-order chi connectivity index (χ1) is 9.28. The van der Waals surface area contributed by atoms with Crippen molar-refractivity contribution in [3.05, 3.63) is 46.2 Å². The van der Waals surface area contributed by atoms with Crippen LogP contribution in [-0.4, -0.2) is 19.0 Å². The van der Waals surface area contributed by atoms with Gasteiger partial charge in [0, 0.05) is 5.56 Å². The first kappa shape index (κ1) is 12.2. The van der Waals surface area contributed by atoms with Gasteiger partial charge in [-0.2, -0.15) is 0 Å². The first-order valence-corrected chi connectivity index (χ1v) is 7.09. The number of thiophene rings is 1. The Morgan fingerprint density at radius 3 is 2.89 bits per heavy atom. The number of carbonyl (C=O) groups excluding carboxylic acids is 1. The van der Waals surface area contributed by atoms with Crippen molar-refractivity contribution in [2.75, 3.05) is 7.11 Å². The summed E-state index contributed by atoms with van der Waals surface area (Å²) in [4.78, 5) is 13.0. The third-order valence-corrected chi connectivity index (χ3v) is 3.87. The largest absolute Gasteiger partial charge is 0.495 e. The van der Waals surface area contributed by atoms with Crippen molar-refractivity contribution in [1.82, 2.24) is 0 Å². The molecule has 19 heavy (non-hydrogen) atoms. The fourth-order valence-corrected chi connectivity index (χ4v) is 2.66. The average Bonchev–Trinajstić information content (AvgIpc) is 3.11. The van der Waals surface area contributed by atoms with E-state index in [2.05, 4.69) is 0 Å². The molecule has 1 aromatic carbocycles. The van der Waals surface area contributed by atoms with Crippen LogP contribution < -0.4 is 9.47 Å². The third kappa shape index (κ3) is 2.63. The van der Waals surface area contributed by atoms with Gasteiger partial charge in [-0.25, -0.2) is 0 Å². The molecule has 98 valence electrons. The van der Waals surface area contributed by atoms with Crippen LogP contribution in [0.1, 0.15) is 28.1 Å². The van der Waals surface area contributed by atoms with E-state index >= 15 is 0 Å². The highest BCUT2D eigenvalue weighted by molar-refractivity contribution is 7.12. The van der Waals surface area contributed by atoms with Crippen LogP contribution in [0.25, 0.3) is 0 Å². The molecule has 0 atom stereocenters. The van der Waals surface area contributed by atoms with Crippen LogP contribution >= 0.6 is 11.3 Å². The maximum absolute atomic E-state index is 12.4. The van der Waals surface area contributed by atoms with Gasteiger partial charge in [-0.1, -0.05) is 12.1 Å². The van der Waals surface area contributed by atoms with Crippen LogP contribution in [0, 0.1) is 0 Å². The Hall–Kier alpha value is -1.81. The van der Waals surface area contributed by atoms with Crippen LogP contribution in [0.2, 0.25) is 0 Å². The van der Waals surface area contributed by atoms with Gasteiger partial charge in [-0.15, -0.1) is 11.3 Å². The molecule has 1 aromatic heterocycles. The highest BCUT2D eigenvalue weighted by atomic mass is 32.1. The highest BCUT2D eigenvalue weighted by Crippen LogP contribution is 2.30. The minimum atomic E-state index is -0.0203. The molecule has 0 unspecified atom stereocenters. The van der Waals surface area contributed by atoms with E-state index in [0.29, 0.717) is 22.3 Å². The molecule has 0 radical (unpaired) electrons. The highest BCUT2D eigenvalue weighted by Gasteiger charge is 2.24. The zero-order valence-corrected chi connectivity index (χ0v) is 11.4. The summed E-state index contributed by atoms with van der Waals surface area (Å²) >= 11 is 1.39. The van der Waals surface area contributed by atoms with Crippen LogP contribution in [-0.2, 0) is 0 Å². The first-order valence-electron chi connectivity index (χ1n) is 6.21. The Bertz CT molecular complexity index is 599. The molecule has 1 saturated carbocycles. The normalized spacial score (nSPS) is 14.2. The maximum Gasteiger partial charge on any atom is 0.206 e. The predicted molar refractivity (Wildman–Crippen MR) is 74.4 cm³/mol. The second-order valence-corrected chi connectivity index (χ2v) is 5.41. The SMILES string of the molecule is COc1ccsc1C(=O)c1cccc(OC2CC2)c1. The molecule has 0 N–H and O–H groups in total. The lowest BCUT2D eigenvalue weighted by Gasteiger charge is -2.06. The molecular weight excluding hydrogens is 260 g/mol. The van der Waals surface area contributed by atoms with Crippen LogP contribution in [0.15, 0.2) is 35.7 Å². The van der Waals surface area contributed by atoms with Gasteiger partial charge in [0.15, 0.2) is 0 Å². The van der Waals surface area contributed by atoms with Gasteiger partial charge < -0.3 is 9.47 Å². The summed E-state index contributed by atoms with van der Waals surface area (Å²) in [7, 11) is 1.57. The smallest absolute Gasteiger partial charge is 0.206 e. The number of carbonyl (C=O) groups is 1. The molecular formula is C15H14O3S. The molecule has 0 aliphatic heterocycles. The van der Waals surface area contributed by atoms with E-state index < -0.39 is 0 Å². The van der Waals surface area contributed by atoms with E-state index in [4.69, 9.17) is 9.47 Å². The lowest BCUT2D eigenvalue weighted by atomic mass is 10.1. The van der Waals surface area contributed by atoms with E-state index in [1.807, 2.05) is 23.6 Å². The van der Waals surface area contributed by atoms with E-state index in [1.165, 1.54) is 11.3 Å². The Balaban J connectivity index is 1.86. The van der Waals surface area contributed by atoms with Crippen molar-refractivity contribution in [1.29, 1.82) is 0 Å². The number of hydrogen-bond acceptors (Lipinski definition) is 4.